The summed E-state index contributed by atoms with van der Waals surface area (Å²) in [5.74, 6) is 1.96. The molecule has 0 aliphatic carbocycles. The van der Waals surface area contributed by atoms with Crippen molar-refractivity contribution in [2.45, 2.75) is 0 Å². The molecule has 0 bridgehead atoms. The summed E-state index contributed by atoms with van der Waals surface area (Å²) < 4.78 is 2.50. The molecule has 14 rings (SSSR count). The summed E-state index contributed by atoms with van der Waals surface area (Å²) in [4.78, 5) is 15.1. The van der Waals surface area contributed by atoms with Crippen LogP contribution in [0.3, 0.4) is 0 Å². The van der Waals surface area contributed by atoms with Gasteiger partial charge in [-0.2, -0.15) is 0 Å². The highest BCUT2D eigenvalue weighted by Crippen LogP contribution is 2.45. The van der Waals surface area contributed by atoms with Crippen LogP contribution in [0.2, 0.25) is 0 Å². The molecule has 0 N–H and O–H groups in total. The van der Waals surface area contributed by atoms with Gasteiger partial charge in [-0.05, 0) is 111 Å². The molecule has 0 atom stereocenters. The van der Waals surface area contributed by atoms with Crippen LogP contribution < -0.4 is 0 Å². The lowest BCUT2D eigenvalue weighted by Crippen LogP contribution is -2.00. The van der Waals surface area contributed by atoms with E-state index in [1.165, 1.54) is 95.9 Å². The Bertz CT molecular complexity index is 4200. The van der Waals surface area contributed by atoms with Gasteiger partial charge in [-0.3, -0.25) is 0 Å². The molecule has 0 saturated heterocycles. The molecule has 2 heterocycles. The Morgan fingerprint density at radius 1 is 0.231 bits per heavy atom. The van der Waals surface area contributed by atoms with Crippen LogP contribution in [0.1, 0.15) is 0 Å². The van der Waals surface area contributed by atoms with E-state index < -0.39 is 0 Å². The molecule has 0 amide bonds. The minimum absolute atomic E-state index is 0.647. The van der Waals surface area contributed by atoms with E-state index in [1.807, 2.05) is 18.2 Å². The number of thiophene rings is 1. The largest absolute Gasteiger partial charge is 0.208 e. The highest BCUT2D eigenvalue weighted by molar-refractivity contribution is 7.25. The summed E-state index contributed by atoms with van der Waals surface area (Å²) >= 11 is 1.80. The molecule has 14 aromatic rings. The predicted molar refractivity (Wildman–Crippen MR) is 276 cm³/mol. The van der Waals surface area contributed by atoms with E-state index in [9.17, 15) is 0 Å². The van der Waals surface area contributed by atoms with E-state index in [2.05, 4.69) is 194 Å². The van der Waals surface area contributed by atoms with Gasteiger partial charge < -0.3 is 0 Å². The molecule has 0 aliphatic rings. The fourth-order valence-electron chi connectivity index (χ4n) is 10.3. The number of hydrogen-bond donors (Lipinski definition) is 0. The maximum atomic E-state index is 5.09. The number of nitrogens with zero attached hydrogens (tertiary/aromatic N) is 3. The maximum absolute atomic E-state index is 5.09. The van der Waals surface area contributed by atoms with Crippen LogP contribution in [0.5, 0.6) is 0 Å². The monoisotopic (exact) mass is 841 g/mol. The van der Waals surface area contributed by atoms with Gasteiger partial charge in [0.1, 0.15) is 0 Å². The van der Waals surface area contributed by atoms with Crippen molar-refractivity contribution in [2.24, 2.45) is 0 Å². The molecule has 0 aliphatic heterocycles. The van der Waals surface area contributed by atoms with Crippen molar-refractivity contribution in [2.75, 3.05) is 0 Å². The van der Waals surface area contributed by atoms with Crippen LogP contribution >= 0.6 is 11.3 Å². The molecule has 65 heavy (non-hydrogen) atoms. The Morgan fingerprint density at radius 2 is 0.662 bits per heavy atom. The van der Waals surface area contributed by atoms with E-state index in [0.29, 0.717) is 17.5 Å². The first-order chi connectivity index (χ1) is 32.2. The van der Waals surface area contributed by atoms with Gasteiger partial charge in [0.15, 0.2) is 17.5 Å². The molecule has 2 aromatic heterocycles. The van der Waals surface area contributed by atoms with E-state index in [-0.39, 0.29) is 0 Å². The van der Waals surface area contributed by atoms with Crippen molar-refractivity contribution >= 4 is 96.1 Å². The minimum atomic E-state index is 0.647. The first-order valence-electron chi connectivity index (χ1n) is 22.1. The van der Waals surface area contributed by atoms with E-state index in [1.54, 1.807) is 11.3 Å². The van der Waals surface area contributed by atoms with Gasteiger partial charge in [0, 0.05) is 36.9 Å². The van der Waals surface area contributed by atoms with Crippen LogP contribution in [-0.2, 0) is 0 Å². The van der Waals surface area contributed by atoms with Crippen LogP contribution in [0.4, 0.5) is 0 Å². The molecule has 0 saturated carbocycles. The molecule has 3 nitrogen and oxygen atoms in total. The number of rotatable bonds is 5. The van der Waals surface area contributed by atoms with Gasteiger partial charge in [-0.25, -0.2) is 15.0 Å². The van der Waals surface area contributed by atoms with Gasteiger partial charge in [-0.1, -0.05) is 188 Å². The van der Waals surface area contributed by atoms with Gasteiger partial charge in [-0.15, -0.1) is 11.3 Å². The SMILES string of the molecule is c1ccc(-c2nc(-c3ccc(-c4ccc(-c5cc6ccc7cccc8c9cccc%10ccc%11cccc(c(c5)c6c78)c%11c%109)cc4)cc3)nc(-c3ccc4c(c3)sc3ccccc34)n2)cc1. The molecular formula is C61H35N3S. The standard InChI is InChI=1S/C61H35N3S/c1-2-9-42(10-3-1)59-62-60(64-61(63-59)45-31-32-48-47-14-4-5-18-53(47)65-54(48)35-45)43-28-23-37(24-29-43)36-19-21-38(22-20-36)46-33-44-30-27-41-12-7-16-50-49-15-6-11-39-25-26-40-13-8-17-51(57(40)55(39)49)52(34-46)58(44)56(41)50/h1-35H. The zero-order valence-corrected chi connectivity index (χ0v) is 35.8. The zero-order valence-electron chi connectivity index (χ0n) is 35.0. The van der Waals surface area contributed by atoms with Crippen LogP contribution in [-0.4, -0.2) is 15.0 Å². The predicted octanol–water partition coefficient (Wildman–Crippen LogP) is 16.9. The average Bonchev–Trinajstić information content (AvgIpc) is 3.75. The summed E-state index contributed by atoms with van der Waals surface area (Å²) in [5, 5.41) is 18.0. The lowest BCUT2D eigenvalue weighted by molar-refractivity contribution is 1.07. The quantitative estimate of drug-likeness (QED) is 0.162. The van der Waals surface area contributed by atoms with Crippen molar-refractivity contribution < 1.29 is 0 Å². The van der Waals surface area contributed by atoms with Gasteiger partial charge >= 0.3 is 0 Å². The lowest BCUT2D eigenvalue weighted by atomic mass is 9.86. The summed E-state index contributed by atoms with van der Waals surface area (Å²) in [6.45, 7) is 0. The molecular weight excluding hydrogens is 807 g/mol. The van der Waals surface area contributed by atoms with Gasteiger partial charge in [0.2, 0.25) is 0 Å². The Balaban J connectivity index is 0.857. The molecule has 0 radical (unpaired) electrons. The highest BCUT2D eigenvalue weighted by Gasteiger charge is 2.18. The van der Waals surface area contributed by atoms with Gasteiger partial charge in [0.25, 0.3) is 0 Å². The summed E-state index contributed by atoms with van der Waals surface area (Å²) in [7, 11) is 0. The normalized spacial score (nSPS) is 12.0. The Labute approximate surface area is 377 Å². The number of aromatic nitrogens is 3. The molecule has 0 spiro atoms. The Morgan fingerprint density at radius 3 is 1.28 bits per heavy atom. The second kappa shape index (κ2) is 14.1. The van der Waals surface area contributed by atoms with Gasteiger partial charge in [0.05, 0.1) is 0 Å². The third-order valence-electron chi connectivity index (χ3n) is 13.4. The summed E-state index contributed by atoms with van der Waals surface area (Å²) in [6.07, 6.45) is 0. The topological polar surface area (TPSA) is 38.7 Å². The molecule has 0 unspecified atom stereocenters. The van der Waals surface area contributed by atoms with E-state index >= 15 is 0 Å². The number of fused-ring (bicyclic) bond motifs is 5. The molecule has 12 aromatic carbocycles. The van der Waals surface area contributed by atoms with E-state index in [0.717, 1.165) is 27.8 Å². The maximum Gasteiger partial charge on any atom is 0.164 e. The van der Waals surface area contributed by atoms with Crippen LogP contribution in [0.25, 0.3) is 141 Å². The Hall–Kier alpha value is -8.31. The molecule has 0 fully saturated rings. The van der Waals surface area contributed by atoms with Crippen molar-refractivity contribution in [1.29, 1.82) is 0 Å². The molecule has 4 heteroatoms. The van der Waals surface area contributed by atoms with Crippen molar-refractivity contribution in [3.05, 3.63) is 212 Å². The Kier molecular flexibility index (Phi) is 7.85. The summed E-state index contributed by atoms with van der Waals surface area (Å²) in [5.41, 5.74) is 7.54. The minimum Gasteiger partial charge on any atom is -0.208 e. The van der Waals surface area contributed by atoms with E-state index in [4.69, 9.17) is 15.0 Å². The number of hydrogen-bond acceptors (Lipinski definition) is 4. The fraction of sp³-hybridized carbons (Fsp3) is 0. The second-order valence-corrected chi connectivity index (χ2v) is 18.2. The average molecular weight is 842 g/mol. The second-order valence-electron chi connectivity index (χ2n) is 17.1. The van der Waals surface area contributed by atoms with Crippen LogP contribution in [0.15, 0.2) is 212 Å². The fourth-order valence-corrected chi connectivity index (χ4v) is 11.5. The highest BCUT2D eigenvalue weighted by atomic mass is 32.1. The first kappa shape index (κ1) is 36.2. The smallest absolute Gasteiger partial charge is 0.164 e. The van der Waals surface area contributed by atoms with Crippen molar-refractivity contribution in [3.63, 3.8) is 0 Å². The number of benzene rings is 11. The first-order valence-corrected chi connectivity index (χ1v) is 22.9. The zero-order chi connectivity index (χ0) is 42.6. The third kappa shape index (κ3) is 5.71. The van der Waals surface area contributed by atoms with Crippen molar-refractivity contribution in [1.82, 2.24) is 15.0 Å². The lowest BCUT2D eigenvalue weighted by Gasteiger charge is -2.17. The molecule has 300 valence electrons. The summed E-state index contributed by atoms with van der Waals surface area (Å²) in [6, 6.07) is 77.2. The van der Waals surface area contributed by atoms with Crippen LogP contribution in [0, 0.1) is 0 Å². The van der Waals surface area contributed by atoms with Crippen molar-refractivity contribution in [3.8, 4) is 56.4 Å². The third-order valence-corrected chi connectivity index (χ3v) is 14.6.